The quantitative estimate of drug-likeness (QED) is 0.848. The molecule has 0 aliphatic carbocycles. The van der Waals surface area contributed by atoms with Crippen molar-refractivity contribution < 1.29 is 4.79 Å². The van der Waals surface area contributed by atoms with Gasteiger partial charge in [0, 0.05) is 26.3 Å². The molecule has 0 aliphatic heterocycles. The zero-order valence-electron chi connectivity index (χ0n) is 9.99. The molecule has 0 radical (unpaired) electrons. The summed E-state index contributed by atoms with van der Waals surface area (Å²) in [5.74, 6) is 0.611. The molecular weight excluding hydrogens is 220 g/mol. The number of carbonyl (C=O) groups excluding carboxylic acids is 1. The van der Waals surface area contributed by atoms with Crippen LogP contribution < -0.4 is 10.2 Å². The minimum absolute atomic E-state index is 0.0872. The van der Waals surface area contributed by atoms with Gasteiger partial charge in [-0.25, -0.2) is 0 Å². The number of rotatable bonds is 5. The van der Waals surface area contributed by atoms with Crippen LogP contribution in [-0.4, -0.2) is 32.0 Å². The molecule has 4 heteroatoms. The minimum atomic E-state index is 0.0872. The molecule has 0 aliphatic rings. The zero-order valence-corrected chi connectivity index (χ0v) is 10.8. The second-order valence-electron chi connectivity index (χ2n) is 3.77. The highest BCUT2D eigenvalue weighted by Crippen LogP contribution is 2.11. The molecule has 0 aromatic heterocycles. The molecule has 1 N–H and O–H groups in total. The van der Waals surface area contributed by atoms with E-state index in [1.54, 1.807) is 0 Å². The summed E-state index contributed by atoms with van der Waals surface area (Å²) in [6, 6.07) is 8.18. The van der Waals surface area contributed by atoms with Crippen molar-refractivity contribution in [3.8, 4) is 0 Å². The van der Waals surface area contributed by atoms with Crippen molar-refractivity contribution in [1.82, 2.24) is 5.32 Å². The molecule has 88 valence electrons. The molecule has 1 amide bonds. The lowest BCUT2D eigenvalue weighted by Crippen LogP contribution is -2.24. The van der Waals surface area contributed by atoms with E-state index in [0.29, 0.717) is 12.3 Å². The number of anilines is 1. The van der Waals surface area contributed by atoms with Crippen LogP contribution in [0.25, 0.3) is 0 Å². The average Bonchev–Trinajstić information content (AvgIpc) is 2.27. The number of nitrogens with zero attached hydrogens (tertiary/aromatic N) is 1. The van der Waals surface area contributed by atoms with Gasteiger partial charge in [-0.1, -0.05) is 12.1 Å². The Kier molecular flexibility index (Phi) is 5.19. The number of hydrogen-bond acceptors (Lipinski definition) is 3. The number of amides is 1. The fourth-order valence-corrected chi connectivity index (χ4v) is 1.66. The Labute approximate surface area is 101 Å². The summed E-state index contributed by atoms with van der Waals surface area (Å²) in [4.78, 5) is 13.3. The first kappa shape index (κ1) is 12.9. The number of nitrogens with one attached hydrogen (secondary N) is 1. The van der Waals surface area contributed by atoms with E-state index in [1.165, 1.54) is 17.4 Å². The smallest absolute Gasteiger partial charge is 0.230 e. The van der Waals surface area contributed by atoms with Crippen molar-refractivity contribution >= 4 is 23.4 Å². The van der Waals surface area contributed by atoms with E-state index in [4.69, 9.17) is 0 Å². The molecule has 0 saturated carbocycles. The second kappa shape index (κ2) is 6.43. The van der Waals surface area contributed by atoms with E-state index in [0.717, 1.165) is 5.56 Å². The highest BCUT2D eigenvalue weighted by atomic mass is 32.2. The van der Waals surface area contributed by atoms with Gasteiger partial charge in [0.05, 0.1) is 5.75 Å². The molecule has 1 rings (SSSR count). The van der Waals surface area contributed by atoms with E-state index in [9.17, 15) is 4.79 Å². The van der Waals surface area contributed by atoms with Crippen LogP contribution in [0.1, 0.15) is 5.56 Å². The van der Waals surface area contributed by atoms with Gasteiger partial charge in [0.25, 0.3) is 0 Å². The van der Waals surface area contributed by atoms with Crippen LogP contribution in [0.4, 0.5) is 5.69 Å². The third-order valence-corrected chi connectivity index (χ3v) is 2.77. The van der Waals surface area contributed by atoms with Gasteiger partial charge in [-0.2, -0.15) is 11.8 Å². The third-order valence-electron chi connectivity index (χ3n) is 2.22. The Morgan fingerprint density at radius 1 is 1.31 bits per heavy atom. The highest BCUT2D eigenvalue weighted by Gasteiger charge is 2.00. The first-order chi connectivity index (χ1) is 7.63. The maximum Gasteiger partial charge on any atom is 0.230 e. The monoisotopic (exact) mass is 238 g/mol. The van der Waals surface area contributed by atoms with Crippen molar-refractivity contribution in [3.63, 3.8) is 0 Å². The van der Waals surface area contributed by atoms with Gasteiger partial charge in [-0.15, -0.1) is 0 Å². The predicted octanol–water partition coefficient (Wildman–Crippen LogP) is 1.73. The van der Waals surface area contributed by atoms with Crippen LogP contribution in [0.3, 0.4) is 0 Å². The maximum atomic E-state index is 11.3. The van der Waals surface area contributed by atoms with Gasteiger partial charge in [0.15, 0.2) is 0 Å². The average molecular weight is 238 g/mol. The molecule has 0 unspecified atom stereocenters. The minimum Gasteiger partial charge on any atom is -0.378 e. The summed E-state index contributed by atoms with van der Waals surface area (Å²) < 4.78 is 0. The first-order valence-corrected chi connectivity index (χ1v) is 6.54. The number of thioether (sulfide) groups is 1. The summed E-state index contributed by atoms with van der Waals surface area (Å²) in [5.41, 5.74) is 2.29. The fourth-order valence-electron chi connectivity index (χ4n) is 1.29. The third kappa shape index (κ3) is 4.14. The van der Waals surface area contributed by atoms with Gasteiger partial charge in [-0.05, 0) is 24.0 Å². The Hall–Kier alpha value is -1.16. The molecule has 16 heavy (non-hydrogen) atoms. The van der Waals surface area contributed by atoms with Crippen molar-refractivity contribution in [2.75, 3.05) is 31.0 Å². The normalized spacial score (nSPS) is 9.94. The largest absolute Gasteiger partial charge is 0.378 e. The van der Waals surface area contributed by atoms with Gasteiger partial charge >= 0.3 is 0 Å². The van der Waals surface area contributed by atoms with Crippen LogP contribution in [0.5, 0.6) is 0 Å². The van der Waals surface area contributed by atoms with Crippen molar-refractivity contribution in [2.45, 2.75) is 6.54 Å². The maximum absolute atomic E-state index is 11.3. The SMILES string of the molecule is CSCC(=O)NCc1ccc(N(C)C)cc1. The van der Waals surface area contributed by atoms with E-state index < -0.39 is 0 Å². The summed E-state index contributed by atoms with van der Waals surface area (Å²) in [6.07, 6.45) is 1.92. The summed E-state index contributed by atoms with van der Waals surface area (Å²) >= 11 is 1.53. The summed E-state index contributed by atoms with van der Waals surface area (Å²) in [7, 11) is 4.02. The first-order valence-electron chi connectivity index (χ1n) is 5.15. The zero-order chi connectivity index (χ0) is 12.0. The molecule has 0 atom stereocenters. The van der Waals surface area contributed by atoms with Crippen molar-refractivity contribution in [3.05, 3.63) is 29.8 Å². The summed E-state index contributed by atoms with van der Waals surface area (Å²) in [6.45, 7) is 0.604. The number of carbonyl (C=O) groups is 1. The Bertz CT molecular complexity index is 335. The molecule has 0 fully saturated rings. The molecule has 0 spiro atoms. The van der Waals surface area contributed by atoms with Crippen LogP contribution in [-0.2, 0) is 11.3 Å². The molecular formula is C12H18N2OS. The Morgan fingerprint density at radius 2 is 1.94 bits per heavy atom. The van der Waals surface area contributed by atoms with Gasteiger partial charge < -0.3 is 10.2 Å². The highest BCUT2D eigenvalue weighted by molar-refractivity contribution is 7.99. The van der Waals surface area contributed by atoms with E-state index >= 15 is 0 Å². The van der Waals surface area contributed by atoms with Crippen molar-refractivity contribution in [2.24, 2.45) is 0 Å². The lowest BCUT2D eigenvalue weighted by molar-refractivity contribution is -0.118. The standard InChI is InChI=1S/C12H18N2OS/c1-14(2)11-6-4-10(5-7-11)8-13-12(15)9-16-3/h4-7H,8-9H2,1-3H3,(H,13,15). The van der Waals surface area contributed by atoms with E-state index in [-0.39, 0.29) is 5.91 Å². The fraction of sp³-hybridized carbons (Fsp3) is 0.417. The van der Waals surface area contributed by atoms with Crippen LogP contribution in [0, 0.1) is 0 Å². The molecule has 3 nitrogen and oxygen atoms in total. The topological polar surface area (TPSA) is 32.3 Å². The number of benzene rings is 1. The Balaban J connectivity index is 2.46. The second-order valence-corrected chi connectivity index (χ2v) is 4.64. The predicted molar refractivity (Wildman–Crippen MR) is 71.0 cm³/mol. The van der Waals surface area contributed by atoms with Gasteiger partial charge in [0.2, 0.25) is 5.91 Å². The molecule has 1 aromatic carbocycles. The molecule has 0 bridgehead atoms. The van der Waals surface area contributed by atoms with E-state index in [1.807, 2.05) is 32.5 Å². The van der Waals surface area contributed by atoms with Crippen molar-refractivity contribution in [1.29, 1.82) is 0 Å². The van der Waals surface area contributed by atoms with Crippen LogP contribution in [0.15, 0.2) is 24.3 Å². The molecule has 0 heterocycles. The lowest BCUT2D eigenvalue weighted by Gasteiger charge is -2.12. The van der Waals surface area contributed by atoms with Crippen LogP contribution >= 0.6 is 11.8 Å². The lowest BCUT2D eigenvalue weighted by atomic mass is 10.2. The Morgan fingerprint density at radius 3 is 2.44 bits per heavy atom. The summed E-state index contributed by atoms with van der Waals surface area (Å²) in [5, 5.41) is 2.88. The van der Waals surface area contributed by atoms with Gasteiger partial charge in [0.1, 0.15) is 0 Å². The number of hydrogen-bond donors (Lipinski definition) is 1. The van der Waals surface area contributed by atoms with Crippen LogP contribution in [0.2, 0.25) is 0 Å². The molecule has 0 saturated heterocycles. The molecule has 1 aromatic rings. The van der Waals surface area contributed by atoms with E-state index in [2.05, 4.69) is 22.3 Å². The van der Waals surface area contributed by atoms with Gasteiger partial charge in [-0.3, -0.25) is 4.79 Å².